The fourth-order valence-corrected chi connectivity index (χ4v) is 2.03. The summed E-state index contributed by atoms with van der Waals surface area (Å²) in [6.07, 6.45) is 2.95. The van der Waals surface area contributed by atoms with Crippen molar-refractivity contribution in [1.29, 1.82) is 0 Å². The summed E-state index contributed by atoms with van der Waals surface area (Å²) in [5.74, 6) is 0. The van der Waals surface area contributed by atoms with Gasteiger partial charge in [-0.25, -0.2) is 0 Å². The molecule has 82 valence electrons. The van der Waals surface area contributed by atoms with Gasteiger partial charge in [0.1, 0.15) is 0 Å². The molecule has 0 bridgehead atoms. The molecule has 1 aromatic rings. The van der Waals surface area contributed by atoms with Crippen molar-refractivity contribution >= 4 is 15.9 Å². The van der Waals surface area contributed by atoms with E-state index in [1.165, 1.54) is 5.56 Å². The highest BCUT2D eigenvalue weighted by Crippen LogP contribution is 2.18. The summed E-state index contributed by atoms with van der Waals surface area (Å²) >= 11 is 3.48. The van der Waals surface area contributed by atoms with Gasteiger partial charge in [-0.3, -0.25) is 0 Å². The smallest absolute Gasteiger partial charge is 0.0294 e. The maximum Gasteiger partial charge on any atom is 0.0294 e. The molecule has 0 spiro atoms. The quantitative estimate of drug-likeness (QED) is 0.794. The molecule has 0 aliphatic carbocycles. The number of rotatable bonds is 5. The van der Waals surface area contributed by atoms with Crippen LogP contribution in [0.5, 0.6) is 0 Å². The lowest BCUT2D eigenvalue weighted by Crippen LogP contribution is -2.28. The average molecular weight is 268 g/mol. The molecule has 0 aliphatic heterocycles. The van der Waals surface area contributed by atoms with E-state index in [4.69, 9.17) is 0 Å². The van der Waals surface area contributed by atoms with Gasteiger partial charge in [0.05, 0.1) is 0 Å². The second-order valence-electron chi connectivity index (χ2n) is 3.87. The van der Waals surface area contributed by atoms with Crippen LogP contribution in [-0.4, -0.2) is 6.04 Å². The van der Waals surface area contributed by atoms with Crippen molar-refractivity contribution in [3.05, 3.63) is 47.0 Å². The molecule has 2 unspecified atom stereocenters. The Morgan fingerprint density at radius 1 is 1.47 bits per heavy atom. The molecule has 0 fully saturated rings. The van der Waals surface area contributed by atoms with E-state index in [1.807, 2.05) is 12.1 Å². The van der Waals surface area contributed by atoms with Gasteiger partial charge in [-0.15, -0.1) is 6.58 Å². The standard InChI is InChI=1S/C13H18BrN/c1-4-6-10(2)15-11(3)12-7-5-8-13(14)9-12/h4-5,7-11,15H,1,6H2,2-3H3. The largest absolute Gasteiger partial charge is 0.307 e. The molecule has 1 N–H and O–H groups in total. The first-order chi connectivity index (χ1) is 7.13. The van der Waals surface area contributed by atoms with E-state index in [0.29, 0.717) is 12.1 Å². The van der Waals surface area contributed by atoms with Crippen molar-refractivity contribution < 1.29 is 0 Å². The maximum absolute atomic E-state index is 3.75. The van der Waals surface area contributed by atoms with Gasteiger partial charge in [-0.05, 0) is 38.0 Å². The van der Waals surface area contributed by atoms with Crippen molar-refractivity contribution in [2.45, 2.75) is 32.4 Å². The molecule has 0 aromatic heterocycles. The van der Waals surface area contributed by atoms with Crippen LogP contribution < -0.4 is 5.32 Å². The molecule has 0 radical (unpaired) electrons. The van der Waals surface area contributed by atoms with E-state index in [1.54, 1.807) is 0 Å². The number of halogens is 1. The Labute approximate surface area is 101 Å². The summed E-state index contributed by atoms with van der Waals surface area (Å²) in [5, 5.41) is 3.53. The van der Waals surface area contributed by atoms with Crippen molar-refractivity contribution in [2.75, 3.05) is 0 Å². The lowest BCUT2D eigenvalue weighted by Gasteiger charge is -2.19. The minimum absolute atomic E-state index is 0.373. The van der Waals surface area contributed by atoms with Crippen LogP contribution in [0.2, 0.25) is 0 Å². The molecule has 1 aromatic carbocycles. The molecule has 0 aliphatic rings. The van der Waals surface area contributed by atoms with Gasteiger partial charge in [0.2, 0.25) is 0 Å². The molecule has 0 amide bonds. The molecule has 1 rings (SSSR count). The average Bonchev–Trinajstić information content (AvgIpc) is 2.18. The normalized spacial score (nSPS) is 14.6. The summed E-state index contributed by atoms with van der Waals surface area (Å²) in [4.78, 5) is 0. The third-order valence-electron chi connectivity index (χ3n) is 2.40. The van der Waals surface area contributed by atoms with Gasteiger partial charge in [-0.1, -0.05) is 34.1 Å². The van der Waals surface area contributed by atoms with Gasteiger partial charge in [0.25, 0.3) is 0 Å². The van der Waals surface area contributed by atoms with Crippen molar-refractivity contribution in [1.82, 2.24) is 5.32 Å². The molecular formula is C13H18BrN. The van der Waals surface area contributed by atoms with Crippen molar-refractivity contribution in [3.8, 4) is 0 Å². The SMILES string of the molecule is C=CCC(C)NC(C)c1cccc(Br)c1. The van der Waals surface area contributed by atoms with E-state index in [0.717, 1.165) is 10.9 Å². The second-order valence-corrected chi connectivity index (χ2v) is 4.78. The first-order valence-electron chi connectivity index (χ1n) is 5.26. The van der Waals surface area contributed by atoms with Gasteiger partial charge < -0.3 is 5.32 Å². The Balaban J connectivity index is 2.60. The summed E-state index contributed by atoms with van der Waals surface area (Å²) in [5.41, 5.74) is 1.31. The zero-order valence-corrected chi connectivity index (χ0v) is 10.9. The minimum Gasteiger partial charge on any atom is -0.307 e. The molecular weight excluding hydrogens is 250 g/mol. The second kappa shape index (κ2) is 6.09. The highest BCUT2D eigenvalue weighted by atomic mass is 79.9. The zero-order chi connectivity index (χ0) is 11.3. The van der Waals surface area contributed by atoms with Crippen LogP contribution in [-0.2, 0) is 0 Å². The Morgan fingerprint density at radius 3 is 2.80 bits per heavy atom. The van der Waals surface area contributed by atoms with Crippen LogP contribution in [0.25, 0.3) is 0 Å². The molecule has 1 nitrogen and oxygen atoms in total. The summed E-state index contributed by atoms with van der Waals surface area (Å²) in [7, 11) is 0. The number of benzene rings is 1. The van der Waals surface area contributed by atoms with Gasteiger partial charge in [0, 0.05) is 16.6 Å². The number of hydrogen-bond donors (Lipinski definition) is 1. The van der Waals surface area contributed by atoms with Crippen LogP contribution >= 0.6 is 15.9 Å². The van der Waals surface area contributed by atoms with E-state index >= 15 is 0 Å². The fraction of sp³-hybridized carbons (Fsp3) is 0.385. The predicted molar refractivity (Wildman–Crippen MR) is 70.0 cm³/mol. The van der Waals surface area contributed by atoms with Crippen LogP contribution in [0.4, 0.5) is 0 Å². The zero-order valence-electron chi connectivity index (χ0n) is 9.33. The summed E-state index contributed by atoms with van der Waals surface area (Å²) in [6, 6.07) is 9.24. The van der Waals surface area contributed by atoms with Crippen LogP contribution in [0.1, 0.15) is 31.9 Å². The van der Waals surface area contributed by atoms with E-state index in [-0.39, 0.29) is 0 Å². The first-order valence-corrected chi connectivity index (χ1v) is 6.05. The lowest BCUT2D eigenvalue weighted by atomic mass is 10.1. The lowest BCUT2D eigenvalue weighted by molar-refractivity contribution is 0.482. The Kier molecular flexibility index (Phi) is 5.06. The predicted octanol–water partition coefficient (Wildman–Crippen LogP) is 4.06. The van der Waals surface area contributed by atoms with Gasteiger partial charge >= 0.3 is 0 Å². The molecule has 0 saturated heterocycles. The van der Waals surface area contributed by atoms with E-state index < -0.39 is 0 Å². The van der Waals surface area contributed by atoms with Crippen molar-refractivity contribution in [3.63, 3.8) is 0 Å². The maximum atomic E-state index is 3.75. The molecule has 15 heavy (non-hydrogen) atoms. The number of hydrogen-bond acceptors (Lipinski definition) is 1. The first kappa shape index (κ1) is 12.5. The number of nitrogens with one attached hydrogen (secondary N) is 1. The minimum atomic E-state index is 0.373. The molecule has 2 heteroatoms. The highest BCUT2D eigenvalue weighted by molar-refractivity contribution is 9.10. The molecule has 2 atom stereocenters. The van der Waals surface area contributed by atoms with E-state index in [9.17, 15) is 0 Å². The van der Waals surface area contributed by atoms with E-state index in [2.05, 4.69) is 59.9 Å². The van der Waals surface area contributed by atoms with Gasteiger partial charge in [0.15, 0.2) is 0 Å². The van der Waals surface area contributed by atoms with Crippen molar-refractivity contribution in [2.24, 2.45) is 0 Å². The third-order valence-corrected chi connectivity index (χ3v) is 2.90. The van der Waals surface area contributed by atoms with Crippen LogP contribution in [0.3, 0.4) is 0 Å². The Bertz CT molecular complexity index is 322. The highest BCUT2D eigenvalue weighted by Gasteiger charge is 2.08. The summed E-state index contributed by atoms with van der Waals surface area (Å²) < 4.78 is 1.13. The molecule has 0 saturated carbocycles. The Hall–Kier alpha value is -0.600. The molecule has 0 heterocycles. The van der Waals surface area contributed by atoms with Gasteiger partial charge in [-0.2, -0.15) is 0 Å². The fourth-order valence-electron chi connectivity index (χ4n) is 1.62. The topological polar surface area (TPSA) is 12.0 Å². The Morgan fingerprint density at radius 2 is 2.20 bits per heavy atom. The third kappa shape index (κ3) is 4.18. The van der Waals surface area contributed by atoms with Crippen LogP contribution in [0, 0.1) is 0 Å². The summed E-state index contributed by atoms with van der Waals surface area (Å²) in [6.45, 7) is 8.11. The monoisotopic (exact) mass is 267 g/mol. The van der Waals surface area contributed by atoms with Crippen LogP contribution in [0.15, 0.2) is 41.4 Å².